The van der Waals surface area contributed by atoms with Gasteiger partial charge in [0.25, 0.3) is 0 Å². The summed E-state index contributed by atoms with van der Waals surface area (Å²) in [5, 5.41) is 3.33. The van der Waals surface area contributed by atoms with Crippen molar-refractivity contribution in [1.29, 1.82) is 0 Å². The fourth-order valence-electron chi connectivity index (χ4n) is 1.85. The van der Waals surface area contributed by atoms with Crippen molar-refractivity contribution < 1.29 is 4.39 Å². The molecule has 0 saturated heterocycles. The van der Waals surface area contributed by atoms with Crippen LogP contribution in [0.15, 0.2) is 18.2 Å². The molecule has 0 spiro atoms. The minimum absolute atomic E-state index is 0.144. The van der Waals surface area contributed by atoms with Gasteiger partial charge in [-0.15, -0.1) is 0 Å². The third-order valence-corrected chi connectivity index (χ3v) is 2.97. The second kappa shape index (κ2) is 6.51. The molecular weight excluding hydrogens is 201 g/mol. The molecule has 0 aromatic heterocycles. The molecule has 0 heterocycles. The molecule has 1 aromatic carbocycles. The van der Waals surface area contributed by atoms with E-state index in [2.05, 4.69) is 19.2 Å². The van der Waals surface area contributed by atoms with Crippen LogP contribution in [0.4, 0.5) is 10.1 Å². The number of rotatable bonds is 6. The molecule has 0 aliphatic heterocycles. The van der Waals surface area contributed by atoms with Crippen molar-refractivity contribution in [1.82, 2.24) is 0 Å². The van der Waals surface area contributed by atoms with Gasteiger partial charge in [-0.2, -0.15) is 0 Å². The van der Waals surface area contributed by atoms with E-state index in [9.17, 15) is 4.39 Å². The Balaban J connectivity index is 2.69. The number of aryl methyl sites for hydroxylation is 1. The Morgan fingerprint density at radius 1 is 1.31 bits per heavy atom. The van der Waals surface area contributed by atoms with Crippen LogP contribution in [-0.4, -0.2) is 6.04 Å². The SMILES string of the molecule is CCCCC(CC)Nc1c(C)cccc1F. The molecule has 1 nitrogen and oxygen atoms in total. The lowest BCUT2D eigenvalue weighted by Crippen LogP contribution is -2.19. The molecule has 0 bridgehead atoms. The van der Waals surface area contributed by atoms with Gasteiger partial charge in [0, 0.05) is 6.04 Å². The molecule has 0 radical (unpaired) electrons. The predicted molar refractivity (Wildman–Crippen MR) is 68.4 cm³/mol. The molecular formula is C14H22FN. The lowest BCUT2D eigenvalue weighted by Gasteiger charge is -2.19. The van der Waals surface area contributed by atoms with Crippen LogP contribution in [0.3, 0.4) is 0 Å². The summed E-state index contributed by atoms with van der Waals surface area (Å²) in [7, 11) is 0. The Morgan fingerprint density at radius 3 is 2.62 bits per heavy atom. The molecule has 2 heteroatoms. The van der Waals surface area contributed by atoms with E-state index < -0.39 is 0 Å². The van der Waals surface area contributed by atoms with E-state index >= 15 is 0 Å². The van der Waals surface area contributed by atoms with Crippen molar-refractivity contribution in [3.05, 3.63) is 29.6 Å². The minimum atomic E-state index is -0.144. The van der Waals surface area contributed by atoms with Crippen LogP contribution >= 0.6 is 0 Å². The zero-order chi connectivity index (χ0) is 12.0. The molecule has 1 N–H and O–H groups in total. The van der Waals surface area contributed by atoms with Crippen LogP contribution in [-0.2, 0) is 0 Å². The van der Waals surface area contributed by atoms with Crippen molar-refractivity contribution in [2.45, 2.75) is 52.5 Å². The maximum atomic E-state index is 13.6. The number of halogens is 1. The summed E-state index contributed by atoms with van der Waals surface area (Å²) in [5.41, 5.74) is 1.65. The Labute approximate surface area is 98.1 Å². The summed E-state index contributed by atoms with van der Waals surface area (Å²) >= 11 is 0. The highest BCUT2D eigenvalue weighted by Crippen LogP contribution is 2.21. The van der Waals surface area contributed by atoms with Gasteiger partial charge in [-0.25, -0.2) is 4.39 Å². The number of para-hydroxylation sites is 1. The Bertz CT molecular complexity index is 302. The summed E-state index contributed by atoms with van der Waals surface area (Å²) in [6.07, 6.45) is 4.53. The predicted octanol–water partition coefficient (Wildman–Crippen LogP) is 4.51. The van der Waals surface area contributed by atoms with Crippen LogP contribution in [0.1, 0.15) is 45.1 Å². The minimum Gasteiger partial charge on any atom is -0.380 e. The van der Waals surface area contributed by atoms with E-state index in [0.717, 1.165) is 18.4 Å². The molecule has 1 unspecified atom stereocenters. The van der Waals surface area contributed by atoms with Gasteiger partial charge in [0.1, 0.15) is 5.82 Å². The molecule has 0 amide bonds. The molecule has 1 atom stereocenters. The van der Waals surface area contributed by atoms with Gasteiger partial charge in [-0.1, -0.05) is 38.8 Å². The molecule has 90 valence electrons. The van der Waals surface area contributed by atoms with E-state index in [1.54, 1.807) is 6.07 Å². The topological polar surface area (TPSA) is 12.0 Å². The van der Waals surface area contributed by atoms with E-state index in [1.807, 2.05) is 13.0 Å². The summed E-state index contributed by atoms with van der Waals surface area (Å²) in [4.78, 5) is 0. The molecule has 16 heavy (non-hydrogen) atoms. The van der Waals surface area contributed by atoms with Gasteiger partial charge in [-0.3, -0.25) is 0 Å². The lowest BCUT2D eigenvalue weighted by atomic mass is 10.1. The fraction of sp³-hybridized carbons (Fsp3) is 0.571. The maximum Gasteiger partial charge on any atom is 0.146 e. The standard InChI is InChI=1S/C14H22FN/c1-4-6-9-12(5-2)16-14-11(3)8-7-10-13(14)15/h7-8,10,12,16H,4-6,9H2,1-3H3. The third-order valence-electron chi connectivity index (χ3n) is 2.97. The first-order valence-corrected chi connectivity index (χ1v) is 6.20. The summed E-state index contributed by atoms with van der Waals surface area (Å²) in [6, 6.07) is 5.60. The van der Waals surface area contributed by atoms with E-state index in [4.69, 9.17) is 0 Å². The van der Waals surface area contributed by atoms with Gasteiger partial charge in [-0.05, 0) is 31.4 Å². The zero-order valence-corrected chi connectivity index (χ0v) is 10.5. The summed E-state index contributed by atoms with van der Waals surface area (Å²) in [6.45, 7) is 6.27. The van der Waals surface area contributed by atoms with Crippen molar-refractivity contribution in [3.63, 3.8) is 0 Å². The first kappa shape index (κ1) is 13.0. The number of anilines is 1. The Hall–Kier alpha value is -1.05. The average molecular weight is 223 g/mol. The summed E-state index contributed by atoms with van der Waals surface area (Å²) < 4.78 is 13.6. The van der Waals surface area contributed by atoms with Crippen molar-refractivity contribution in [2.75, 3.05) is 5.32 Å². The second-order valence-electron chi connectivity index (χ2n) is 4.32. The Morgan fingerprint density at radius 2 is 2.06 bits per heavy atom. The quantitative estimate of drug-likeness (QED) is 0.748. The highest BCUT2D eigenvalue weighted by atomic mass is 19.1. The normalized spacial score (nSPS) is 12.5. The monoisotopic (exact) mass is 223 g/mol. The first-order valence-electron chi connectivity index (χ1n) is 6.20. The Kier molecular flexibility index (Phi) is 5.30. The largest absolute Gasteiger partial charge is 0.380 e. The number of hydrogen-bond acceptors (Lipinski definition) is 1. The van der Waals surface area contributed by atoms with Crippen LogP contribution in [0, 0.1) is 12.7 Å². The van der Waals surface area contributed by atoms with Crippen molar-refractivity contribution >= 4 is 5.69 Å². The van der Waals surface area contributed by atoms with Crippen molar-refractivity contribution in [2.24, 2.45) is 0 Å². The average Bonchev–Trinajstić information content (AvgIpc) is 2.28. The van der Waals surface area contributed by atoms with Crippen molar-refractivity contribution in [3.8, 4) is 0 Å². The van der Waals surface area contributed by atoms with Crippen LogP contribution in [0.5, 0.6) is 0 Å². The number of nitrogens with one attached hydrogen (secondary N) is 1. The highest BCUT2D eigenvalue weighted by molar-refractivity contribution is 5.52. The van der Waals surface area contributed by atoms with Gasteiger partial charge in [0.15, 0.2) is 0 Å². The van der Waals surface area contributed by atoms with Crippen LogP contribution < -0.4 is 5.32 Å². The molecule has 1 rings (SSSR count). The van der Waals surface area contributed by atoms with Crippen LogP contribution in [0.25, 0.3) is 0 Å². The fourth-order valence-corrected chi connectivity index (χ4v) is 1.85. The maximum absolute atomic E-state index is 13.6. The van der Waals surface area contributed by atoms with Crippen LogP contribution in [0.2, 0.25) is 0 Å². The smallest absolute Gasteiger partial charge is 0.146 e. The molecule has 0 aliphatic carbocycles. The molecule has 0 saturated carbocycles. The summed E-state index contributed by atoms with van der Waals surface area (Å²) in [5.74, 6) is -0.144. The van der Waals surface area contributed by atoms with E-state index in [-0.39, 0.29) is 5.82 Å². The number of hydrogen-bond donors (Lipinski definition) is 1. The molecule has 0 fully saturated rings. The third kappa shape index (κ3) is 3.51. The van der Waals surface area contributed by atoms with Gasteiger partial charge >= 0.3 is 0 Å². The number of benzene rings is 1. The van der Waals surface area contributed by atoms with E-state index in [0.29, 0.717) is 11.7 Å². The second-order valence-corrected chi connectivity index (χ2v) is 4.32. The lowest BCUT2D eigenvalue weighted by molar-refractivity contribution is 0.580. The number of unbranched alkanes of at least 4 members (excludes halogenated alkanes) is 1. The molecule has 0 aliphatic rings. The van der Waals surface area contributed by atoms with Gasteiger partial charge < -0.3 is 5.32 Å². The highest BCUT2D eigenvalue weighted by Gasteiger charge is 2.10. The zero-order valence-electron chi connectivity index (χ0n) is 10.5. The first-order chi connectivity index (χ1) is 7.69. The van der Waals surface area contributed by atoms with Gasteiger partial charge in [0.05, 0.1) is 5.69 Å². The molecule has 1 aromatic rings. The van der Waals surface area contributed by atoms with Gasteiger partial charge in [0.2, 0.25) is 0 Å². The van der Waals surface area contributed by atoms with E-state index in [1.165, 1.54) is 18.9 Å².